The van der Waals surface area contributed by atoms with E-state index in [-0.39, 0.29) is 0 Å². The molecule has 0 nitrogen and oxygen atoms in total. The average Bonchev–Trinajstić information content (AvgIpc) is 1.61. The molecule has 0 amide bonds. The Morgan fingerprint density at radius 1 is 1.57 bits per heavy atom. The first kappa shape index (κ1) is 5.43. The Kier molecular flexibility index (Phi) is 1.29. The monoisotopic (exact) mass is 118 g/mol. The number of halogens is 1. The molecule has 0 aromatic carbocycles. The summed E-state index contributed by atoms with van der Waals surface area (Å²) in [5.74, 6) is 0.854. The topological polar surface area (TPSA) is 0 Å². The van der Waals surface area contributed by atoms with Gasteiger partial charge in [0.15, 0.2) is 0 Å². The molecule has 1 rings (SSSR count). The molecule has 7 heavy (non-hydrogen) atoms. The first-order valence-electron chi connectivity index (χ1n) is 2.83. The number of hydrogen-bond acceptors (Lipinski definition) is 0. The van der Waals surface area contributed by atoms with E-state index in [1.807, 2.05) is 0 Å². The van der Waals surface area contributed by atoms with E-state index in [2.05, 4.69) is 6.92 Å². The molecule has 0 N–H and O–H groups in total. The summed E-state index contributed by atoms with van der Waals surface area (Å²) in [5, 5.41) is 0. The third-order valence-electron chi connectivity index (χ3n) is 1.88. The van der Waals surface area contributed by atoms with E-state index in [0.717, 1.165) is 5.88 Å². The maximum Gasteiger partial charge on any atom is 0.0277 e. The molecule has 0 aromatic rings. The highest BCUT2D eigenvalue weighted by Crippen LogP contribution is 2.40. The summed E-state index contributed by atoms with van der Waals surface area (Å²) in [6, 6.07) is 0. The van der Waals surface area contributed by atoms with Gasteiger partial charge >= 0.3 is 0 Å². The highest BCUT2D eigenvalue weighted by Gasteiger charge is 2.30. The van der Waals surface area contributed by atoms with Crippen LogP contribution in [0, 0.1) is 5.41 Å². The summed E-state index contributed by atoms with van der Waals surface area (Å²) in [5.41, 5.74) is 0.529. The first-order chi connectivity index (χ1) is 3.27. The molecule has 42 valence electrons. The van der Waals surface area contributed by atoms with Gasteiger partial charge in [0.05, 0.1) is 0 Å². The van der Waals surface area contributed by atoms with Crippen LogP contribution >= 0.6 is 11.6 Å². The van der Waals surface area contributed by atoms with E-state index in [1.165, 1.54) is 19.3 Å². The molecule has 0 aromatic heterocycles. The highest BCUT2D eigenvalue weighted by molar-refractivity contribution is 6.18. The van der Waals surface area contributed by atoms with E-state index in [4.69, 9.17) is 11.6 Å². The lowest BCUT2D eigenvalue weighted by Crippen LogP contribution is -2.26. The Labute approximate surface area is 49.9 Å². The molecule has 0 spiro atoms. The first-order valence-corrected chi connectivity index (χ1v) is 3.36. The van der Waals surface area contributed by atoms with Crippen molar-refractivity contribution < 1.29 is 0 Å². The molecule has 0 radical (unpaired) electrons. The van der Waals surface area contributed by atoms with Crippen LogP contribution in [0.3, 0.4) is 0 Å². The predicted molar refractivity (Wildman–Crippen MR) is 32.7 cm³/mol. The summed E-state index contributed by atoms with van der Waals surface area (Å²) in [4.78, 5) is 0. The van der Waals surface area contributed by atoms with Crippen molar-refractivity contribution in [2.24, 2.45) is 5.41 Å². The highest BCUT2D eigenvalue weighted by atomic mass is 35.5. The molecule has 0 saturated heterocycles. The molecule has 1 fully saturated rings. The van der Waals surface area contributed by atoms with Crippen LogP contribution in [0.15, 0.2) is 0 Å². The van der Waals surface area contributed by atoms with E-state index < -0.39 is 0 Å². The minimum Gasteiger partial charge on any atom is -0.126 e. The summed E-state index contributed by atoms with van der Waals surface area (Å²) in [6.45, 7) is 2.25. The van der Waals surface area contributed by atoms with Gasteiger partial charge in [0.2, 0.25) is 0 Å². The average molecular weight is 119 g/mol. The predicted octanol–water partition coefficient (Wildman–Crippen LogP) is 2.42. The summed E-state index contributed by atoms with van der Waals surface area (Å²) >= 11 is 5.64. The van der Waals surface area contributed by atoms with Crippen LogP contribution in [0.2, 0.25) is 0 Å². The Morgan fingerprint density at radius 3 is 2.14 bits per heavy atom. The van der Waals surface area contributed by atoms with Crippen molar-refractivity contribution in [2.75, 3.05) is 5.88 Å². The van der Waals surface area contributed by atoms with Crippen LogP contribution in [-0.4, -0.2) is 5.88 Å². The van der Waals surface area contributed by atoms with Gasteiger partial charge in [-0.2, -0.15) is 0 Å². The van der Waals surface area contributed by atoms with E-state index in [1.54, 1.807) is 0 Å². The third kappa shape index (κ3) is 0.908. The van der Waals surface area contributed by atoms with Gasteiger partial charge in [0, 0.05) is 5.88 Å². The van der Waals surface area contributed by atoms with Crippen LogP contribution in [0.4, 0.5) is 0 Å². The van der Waals surface area contributed by atoms with Crippen LogP contribution < -0.4 is 0 Å². The molecule has 0 atom stereocenters. The smallest absolute Gasteiger partial charge is 0.0277 e. The lowest BCUT2D eigenvalue weighted by molar-refractivity contribution is 0.195. The van der Waals surface area contributed by atoms with Crippen molar-refractivity contribution in [1.82, 2.24) is 0 Å². The second kappa shape index (κ2) is 1.66. The van der Waals surface area contributed by atoms with Crippen molar-refractivity contribution in [3.05, 3.63) is 0 Å². The van der Waals surface area contributed by atoms with Crippen molar-refractivity contribution >= 4 is 11.6 Å². The van der Waals surface area contributed by atoms with Crippen LogP contribution in [0.5, 0.6) is 0 Å². The van der Waals surface area contributed by atoms with Gasteiger partial charge in [-0.1, -0.05) is 13.3 Å². The van der Waals surface area contributed by atoms with Crippen molar-refractivity contribution in [2.45, 2.75) is 26.2 Å². The van der Waals surface area contributed by atoms with Gasteiger partial charge in [0.25, 0.3) is 0 Å². The van der Waals surface area contributed by atoms with Gasteiger partial charge in [-0.25, -0.2) is 0 Å². The number of alkyl halides is 1. The Morgan fingerprint density at radius 2 is 2.14 bits per heavy atom. The lowest BCUT2D eigenvalue weighted by atomic mass is 9.72. The van der Waals surface area contributed by atoms with Gasteiger partial charge in [0.1, 0.15) is 0 Å². The molecule has 1 aliphatic rings. The SMILES string of the molecule is CC1(CCl)CCC1. The number of rotatable bonds is 1. The van der Waals surface area contributed by atoms with Crippen LogP contribution in [-0.2, 0) is 0 Å². The molecule has 1 heteroatoms. The molecule has 1 aliphatic carbocycles. The molecule has 0 heterocycles. The zero-order valence-electron chi connectivity index (χ0n) is 4.71. The second-order valence-corrected chi connectivity index (χ2v) is 3.07. The molecular formula is C6H11Cl. The number of hydrogen-bond donors (Lipinski definition) is 0. The van der Waals surface area contributed by atoms with Gasteiger partial charge in [-0.3, -0.25) is 0 Å². The quantitative estimate of drug-likeness (QED) is 0.464. The Balaban J connectivity index is 2.29. The fourth-order valence-corrected chi connectivity index (χ4v) is 1.18. The summed E-state index contributed by atoms with van der Waals surface area (Å²) in [7, 11) is 0. The maximum atomic E-state index is 5.64. The van der Waals surface area contributed by atoms with E-state index in [0.29, 0.717) is 5.41 Å². The fraction of sp³-hybridized carbons (Fsp3) is 1.00. The van der Waals surface area contributed by atoms with E-state index in [9.17, 15) is 0 Å². The van der Waals surface area contributed by atoms with Crippen LogP contribution in [0.25, 0.3) is 0 Å². The van der Waals surface area contributed by atoms with Gasteiger partial charge in [-0.15, -0.1) is 11.6 Å². The second-order valence-electron chi connectivity index (χ2n) is 2.80. The van der Waals surface area contributed by atoms with Crippen molar-refractivity contribution in [1.29, 1.82) is 0 Å². The van der Waals surface area contributed by atoms with Crippen molar-refractivity contribution in [3.63, 3.8) is 0 Å². The molecule has 0 bridgehead atoms. The maximum absolute atomic E-state index is 5.64. The molecular weight excluding hydrogens is 108 g/mol. The fourth-order valence-electron chi connectivity index (χ4n) is 0.914. The lowest BCUT2D eigenvalue weighted by Gasteiger charge is -2.36. The Bertz CT molecular complexity index is 59.1. The van der Waals surface area contributed by atoms with E-state index >= 15 is 0 Å². The Hall–Kier alpha value is 0.290. The minimum absolute atomic E-state index is 0.529. The van der Waals surface area contributed by atoms with Gasteiger partial charge in [-0.05, 0) is 18.3 Å². The summed E-state index contributed by atoms with van der Waals surface area (Å²) in [6.07, 6.45) is 4.08. The van der Waals surface area contributed by atoms with Crippen molar-refractivity contribution in [3.8, 4) is 0 Å². The molecule has 1 saturated carbocycles. The minimum atomic E-state index is 0.529. The standard InChI is InChI=1S/C6H11Cl/c1-6(5-7)3-2-4-6/h2-5H2,1H3. The molecule has 0 aliphatic heterocycles. The summed E-state index contributed by atoms with van der Waals surface area (Å²) < 4.78 is 0. The van der Waals surface area contributed by atoms with Crippen LogP contribution in [0.1, 0.15) is 26.2 Å². The zero-order valence-corrected chi connectivity index (χ0v) is 5.46. The molecule has 0 unspecified atom stereocenters. The third-order valence-corrected chi connectivity index (χ3v) is 2.53. The zero-order chi connectivity index (χ0) is 5.33. The van der Waals surface area contributed by atoms with Gasteiger partial charge < -0.3 is 0 Å². The largest absolute Gasteiger partial charge is 0.126 e. The normalized spacial score (nSPS) is 26.6.